The topological polar surface area (TPSA) is 38.0 Å². The lowest BCUT2D eigenvalue weighted by Crippen LogP contribution is -2.29. The third-order valence-corrected chi connectivity index (χ3v) is 4.02. The van der Waals surface area contributed by atoms with E-state index in [1.54, 1.807) is 0 Å². The Balaban J connectivity index is 2.00. The average Bonchev–Trinajstić information content (AvgIpc) is 2.95. The van der Waals surface area contributed by atoms with E-state index in [1.165, 1.54) is 28.2 Å². The van der Waals surface area contributed by atoms with Gasteiger partial charge in [-0.3, -0.25) is 0 Å². The van der Waals surface area contributed by atoms with Crippen LogP contribution in [0.3, 0.4) is 0 Å². The van der Waals surface area contributed by atoms with Crippen molar-refractivity contribution in [2.75, 3.05) is 13.1 Å². The number of nitrogens with two attached hydrogens (primary N) is 1. The van der Waals surface area contributed by atoms with Gasteiger partial charge in [-0.1, -0.05) is 0 Å². The standard InChI is InChI=1S/C12H20N2S/c1-8-5-11(9(2)15-8)12(6-13)14-7-10-3-4-10/h5,10,12,14H,3-4,6-7,13H2,1-2H3. The summed E-state index contributed by atoms with van der Waals surface area (Å²) in [6, 6.07) is 2.63. The van der Waals surface area contributed by atoms with Crippen LogP contribution in [0.2, 0.25) is 0 Å². The third kappa shape index (κ3) is 2.80. The van der Waals surface area contributed by atoms with Gasteiger partial charge in [0.05, 0.1) is 0 Å². The summed E-state index contributed by atoms with van der Waals surface area (Å²) in [7, 11) is 0. The fourth-order valence-corrected chi connectivity index (χ4v) is 2.94. The molecule has 1 aliphatic rings. The highest BCUT2D eigenvalue weighted by Gasteiger charge is 2.23. The van der Waals surface area contributed by atoms with Crippen LogP contribution in [0.25, 0.3) is 0 Å². The van der Waals surface area contributed by atoms with Crippen molar-refractivity contribution in [1.29, 1.82) is 0 Å². The lowest BCUT2D eigenvalue weighted by atomic mass is 10.1. The molecule has 1 aromatic rings. The van der Waals surface area contributed by atoms with E-state index in [0.29, 0.717) is 12.6 Å². The summed E-state index contributed by atoms with van der Waals surface area (Å²) < 4.78 is 0. The molecule has 1 saturated carbocycles. The first kappa shape index (κ1) is 11.1. The van der Waals surface area contributed by atoms with E-state index >= 15 is 0 Å². The molecule has 1 heterocycles. The molecule has 1 aromatic heterocycles. The maximum Gasteiger partial charge on any atom is 0.0455 e. The average molecular weight is 224 g/mol. The minimum Gasteiger partial charge on any atom is -0.329 e. The predicted molar refractivity (Wildman–Crippen MR) is 66.3 cm³/mol. The molecule has 2 nitrogen and oxygen atoms in total. The van der Waals surface area contributed by atoms with E-state index in [4.69, 9.17) is 5.73 Å². The van der Waals surface area contributed by atoms with Gasteiger partial charge in [0.15, 0.2) is 0 Å². The highest BCUT2D eigenvalue weighted by Crippen LogP contribution is 2.30. The highest BCUT2D eigenvalue weighted by molar-refractivity contribution is 7.12. The van der Waals surface area contributed by atoms with Gasteiger partial charge in [0.2, 0.25) is 0 Å². The SMILES string of the molecule is Cc1cc(C(CN)NCC2CC2)c(C)s1. The normalized spacial score (nSPS) is 18.1. The monoisotopic (exact) mass is 224 g/mol. The molecule has 2 rings (SSSR count). The molecule has 15 heavy (non-hydrogen) atoms. The maximum absolute atomic E-state index is 5.83. The Bertz CT molecular complexity index is 328. The minimum atomic E-state index is 0.357. The number of nitrogens with one attached hydrogen (secondary N) is 1. The second kappa shape index (κ2) is 4.64. The fraction of sp³-hybridized carbons (Fsp3) is 0.667. The Hall–Kier alpha value is -0.380. The second-order valence-electron chi connectivity index (χ2n) is 4.51. The molecule has 0 aromatic carbocycles. The first-order chi connectivity index (χ1) is 7.20. The Kier molecular flexibility index (Phi) is 3.44. The van der Waals surface area contributed by atoms with Crippen LogP contribution in [-0.4, -0.2) is 13.1 Å². The minimum absolute atomic E-state index is 0.357. The van der Waals surface area contributed by atoms with Crippen molar-refractivity contribution in [1.82, 2.24) is 5.32 Å². The highest BCUT2D eigenvalue weighted by atomic mass is 32.1. The molecule has 1 fully saturated rings. The first-order valence-electron chi connectivity index (χ1n) is 5.71. The number of aryl methyl sites for hydroxylation is 2. The van der Waals surface area contributed by atoms with E-state index in [-0.39, 0.29) is 0 Å². The van der Waals surface area contributed by atoms with Crippen molar-refractivity contribution < 1.29 is 0 Å². The molecular weight excluding hydrogens is 204 g/mol. The van der Waals surface area contributed by atoms with Gasteiger partial charge in [0.1, 0.15) is 0 Å². The van der Waals surface area contributed by atoms with Crippen LogP contribution in [0, 0.1) is 19.8 Å². The summed E-state index contributed by atoms with van der Waals surface area (Å²) in [5, 5.41) is 3.58. The first-order valence-corrected chi connectivity index (χ1v) is 6.52. The Labute approximate surface area is 95.9 Å². The van der Waals surface area contributed by atoms with Crippen LogP contribution >= 0.6 is 11.3 Å². The molecule has 0 saturated heterocycles. The zero-order valence-electron chi connectivity index (χ0n) is 9.55. The fourth-order valence-electron chi connectivity index (χ4n) is 1.95. The molecule has 3 N–H and O–H groups in total. The molecule has 1 unspecified atom stereocenters. The van der Waals surface area contributed by atoms with Crippen LogP contribution in [0.1, 0.15) is 34.2 Å². The number of rotatable bonds is 5. The van der Waals surface area contributed by atoms with Crippen molar-refractivity contribution >= 4 is 11.3 Å². The molecule has 1 aliphatic carbocycles. The van der Waals surface area contributed by atoms with Gasteiger partial charge in [-0.05, 0) is 50.8 Å². The summed E-state index contributed by atoms with van der Waals surface area (Å²) in [5.41, 5.74) is 7.24. The van der Waals surface area contributed by atoms with Gasteiger partial charge in [-0.25, -0.2) is 0 Å². The largest absolute Gasteiger partial charge is 0.329 e. The van der Waals surface area contributed by atoms with E-state index < -0.39 is 0 Å². The van der Waals surface area contributed by atoms with Crippen molar-refractivity contribution in [3.8, 4) is 0 Å². The van der Waals surface area contributed by atoms with Gasteiger partial charge >= 0.3 is 0 Å². The summed E-state index contributed by atoms with van der Waals surface area (Å²) in [5.74, 6) is 0.916. The molecule has 0 bridgehead atoms. The van der Waals surface area contributed by atoms with Crippen LogP contribution in [-0.2, 0) is 0 Å². The molecule has 84 valence electrons. The summed E-state index contributed by atoms with van der Waals surface area (Å²) >= 11 is 1.87. The van der Waals surface area contributed by atoms with E-state index in [9.17, 15) is 0 Å². The lowest BCUT2D eigenvalue weighted by Gasteiger charge is -2.16. The zero-order valence-corrected chi connectivity index (χ0v) is 10.4. The summed E-state index contributed by atoms with van der Waals surface area (Å²) in [6.45, 7) is 6.18. The van der Waals surface area contributed by atoms with Crippen molar-refractivity contribution in [3.63, 3.8) is 0 Å². The Morgan fingerprint density at radius 1 is 1.53 bits per heavy atom. The maximum atomic E-state index is 5.83. The van der Waals surface area contributed by atoms with Gasteiger partial charge in [0.25, 0.3) is 0 Å². The Morgan fingerprint density at radius 2 is 2.27 bits per heavy atom. The molecule has 3 heteroatoms. The summed E-state index contributed by atoms with van der Waals surface area (Å²) in [6.07, 6.45) is 2.79. The second-order valence-corrected chi connectivity index (χ2v) is 5.97. The van der Waals surface area contributed by atoms with Crippen LogP contribution in [0.15, 0.2) is 6.07 Å². The summed E-state index contributed by atoms with van der Waals surface area (Å²) in [4.78, 5) is 2.79. The van der Waals surface area contributed by atoms with E-state index in [2.05, 4.69) is 25.2 Å². The Morgan fingerprint density at radius 3 is 2.73 bits per heavy atom. The number of hydrogen-bond donors (Lipinski definition) is 2. The van der Waals surface area contributed by atoms with Crippen LogP contribution in [0.4, 0.5) is 0 Å². The van der Waals surface area contributed by atoms with Gasteiger partial charge in [0, 0.05) is 22.3 Å². The van der Waals surface area contributed by atoms with Gasteiger partial charge < -0.3 is 11.1 Å². The number of hydrogen-bond acceptors (Lipinski definition) is 3. The van der Waals surface area contributed by atoms with Gasteiger partial charge in [-0.15, -0.1) is 11.3 Å². The van der Waals surface area contributed by atoms with E-state index in [0.717, 1.165) is 12.5 Å². The molecule has 1 atom stereocenters. The molecule has 0 amide bonds. The number of thiophene rings is 1. The smallest absolute Gasteiger partial charge is 0.0455 e. The van der Waals surface area contributed by atoms with Crippen LogP contribution < -0.4 is 11.1 Å². The van der Waals surface area contributed by atoms with Gasteiger partial charge in [-0.2, -0.15) is 0 Å². The van der Waals surface area contributed by atoms with E-state index in [1.807, 2.05) is 11.3 Å². The molecular formula is C12H20N2S. The van der Waals surface area contributed by atoms with Crippen LogP contribution in [0.5, 0.6) is 0 Å². The molecule has 0 spiro atoms. The lowest BCUT2D eigenvalue weighted by molar-refractivity contribution is 0.522. The van der Waals surface area contributed by atoms with Crippen molar-refractivity contribution in [3.05, 3.63) is 21.4 Å². The quantitative estimate of drug-likeness (QED) is 0.806. The zero-order chi connectivity index (χ0) is 10.8. The van der Waals surface area contributed by atoms with Crippen molar-refractivity contribution in [2.24, 2.45) is 11.7 Å². The molecule has 0 radical (unpaired) electrons. The molecule has 0 aliphatic heterocycles. The predicted octanol–water partition coefficient (Wildman–Crippen LogP) is 2.36. The third-order valence-electron chi connectivity index (χ3n) is 3.04. The van der Waals surface area contributed by atoms with Crippen molar-refractivity contribution in [2.45, 2.75) is 32.7 Å².